The van der Waals surface area contributed by atoms with Gasteiger partial charge in [0.05, 0.1) is 0 Å². The molecule has 100 valence electrons. The molecule has 3 nitrogen and oxygen atoms in total. The van der Waals surface area contributed by atoms with Crippen LogP contribution < -0.4 is 11.1 Å². The van der Waals surface area contributed by atoms with Crippen LogP contribution in [0.15, 0.2) is 24.4 Å². The predicted molar refractivity (Wildman–Crippen MR) is 81.4 cm³/mol. The molecule has 3 rings (SSSR count). The Bertz CT molecular complexity index is 586. The maximum absolute atomic E-state index is 6.04. The third-order valence-electron chi connectivity index (χ3n) is 4.04. The van der Waals surface area contributed by atoms with Gasteiger partial charge in [0.15, 0.2) is 0 Å². The van der Waals surface area contributed by atoms with Gasteiger partial charge in [0.1, 0.15) is 0 Å². The molecule has 0 saturated heterocycles. The van der Waals surface area contributed by atoms with Crippen LogP contribution in [0, 0.1) is 6.92 Å². The molecule has 0 bridgehead atoms. The smallest absolute Gasteiger partial charge is 0.0424 e. The minimum Gasteiger partial charge on any atom is -0.398 e. The average molecular weight is 255 g/mol. The summed E-state index contributed by atoms with van der Waals surface area (Å²) in [5, 5.41) is 5.94. The van der Waals surface area contributed by atoms with Crippen LogP contribution in [0.1, 0.15) is 37.8 Å². The van der Waals surface area contributed by atoms with Gasteiger partial charge in [0, 0.05) is 40.1 Å². The number of nitrogens with two attached hydrogens (primary N) is 1. The lowest BCUT2D eigenvalue weighted by Gasteiger charge is -2.24. The summed E-state index contributed by atoms with van der Waals surface area (Å²) in [7, 11) is 0. The highest BCUT2D eigenvalue weighted by atomic mass is 14.9. The molecular weight excluding hydrogens is 234 g/mol. The lowest BCUT2D eigenvalue weighted by atomic mass is 9.95. The van der Waals surface area contributed by atoms with Gasteiger partial charge in [0.25, 0.3) is 0 Å². The summed E-state index contributed by atoms with van der Waals surface area (Å²) in [4.78, 5) is 4.35. The number of benzene rings is 1. The van der Waals surface area contributed by atoms with Gasteiger partial charge in [-0.3, -0.25) is 4.98 Å². The van der Waals surface area contributed by atoms with E-state index in [2.05, 4.69) is 22.4 Å². The van der Waals surface area contributed by atoms with Crippen LogP contribution in [0.5, 0.6) is 0 Å². The van der Waals surface area contributed by atoms with Crippen LogP contribution in [0.25, 0.3) is 10.8 Å². The molecule has 0 aliphatic heterocycles. The standard InChI is InChI=1S/C16H21N3/c1-11-9-13-14(10-18-11)15(17)7-8-16(13)19-12-5-3-2-4-6-12/h7-10,12,19H,2-6,17H2,1H3. The second-order valence-electron chi connectivity index (χ2n) is 5.55. The summed E-state index contributed by atoms with van der Waals surface area (Å²) >= 11 is 0. The Morgan fingerprint density at radius 1 is 1.16 bits per heavy atom. The maximum atomic E-state index is 6.04. The van der Waals surface area contributed by atoms with Crippen molar-refractivity contribution in [3.63, 3.8) is 0 Å². The summed E-state index contributed by atoms with van der Waals surface area (Å²) in [5.74, 6) is 0. The normalized spacial score (nSPS) is 16.7. The highest BCUT2D eigenvalue weighted by molar-refractivity contribution is 6.00. The fourth-order valence-corrected chi connectivity index (χ4v) is 2.96. The number of aryl methyl sites for hydroxylation is 1. The zero-order valence-corrected chi connectivity index (χ0v) is 11.4. The maximum Gasteiger partial charge on any atom is 0.0424 e. The molecule has 1 aromatic heterocycles. The summed E-state index contributed by atoms with van der Waals surface area (Å²) in [5.41, 5.74) is 9.07. The molecule has 0 atom stereocenters. The SMILES string of the molecule is Cc1cc2c(NC3CCCCC3)ccc(N)c2cn1. The van der Waals surface area contributed by atoms with E-state index in [0.717, 1.165) is 16.8 Å². The van der Waals surface area contributed by atoms with Crippen molar-refractivity contribution >= 4 is 22.1 Å². The molecule has 0 radical (unpaired) electrons. The van der Waals surface area contributed by atoms with E-state index in [1.54, 1.807) is 0 Å². The Balaban J connectivity index is 1.98. The van der Waals surface area contributed by atoms with Crippen molar-refractivity contribution < 1.29 is 0 Å². The second-order valence-corrected chi connectivity index (χ2v) is 5.55. The predicted octanol–water partition coefficient (Wildman–Crippen LogP) is 3.87. The van der Waals surface area contributed by atoms with Gasteiger partial charge in [-0.15, -0.1) is 0 Å². The lowest BCUT2D eigenvalue weighted by molar-refractivity contribution is 0.463. The van der Waals surface area contributed by atoms with Gasteiger partial charge in [-0.05, 0) is 38.0 Å². The molecule has 1 aromatic carbocycles. The van der Waals surface area contributed by atoms with Crippen molar-refractivity contribution in [2.24, 2.45) is 0 Å². The first-order valence-corrected chi connectivity index (χ1v) is 7.15. The number of nitrogens with zero attached hydrogens (tertiary/aromatic N) is 1. The van der Waals surface area contributed by atoms with Crippen molar-refractivity contribution in [1.82, 2.24) is 4.98 Å². The molecular formula is C16H21N3. The monoisotopic (exact) mass is 255 g/mol. The van der Waals surface area contributed by atoms with Crippen molar-refractivity contribution in [3.05, 3.63) is 30.1 Å². The van der Waals surface area contributed by atoms with Crippen LogP contribution in [-0.4, -0.2) is 11.0 Å². The number of pyridine rings is 1. The van der Waals surface area contributed by atoms with E-state index in [1.165, 1.54) is 43.2 Å². The highest BCUT2D eigenvalue weighted by Gasteiger charge is 2.14. The van der Waals surface area contributed by atoms with Crippen LogP contribution in [0.4, 0.5) is 11.4 Å². The molecule has 1 heterocycles. The first-order chi connectivity index (χ1) is 9.24. The van der Waals surface area contributed by atoms with E-state index in [4.69, 9.17) is 5.73 Å². The van der Waals surface area contributed by atoms with Gasteiger partial charge in [0.2, 0.25) is 0 Å². The molecule has 1 saturated carbocycles. The van der Waals surface area contributed by atoms with E-state index in [1.807, 2.05) is 19.2 Å². The molecule has 0 amide bonds. The molecule has 1 fully saturated rings. The van der Waals surface area contributed by atoms with Gasteiger partial charge in [-0.25, -0.2) is 0 Å². The van der Waals surface area contributed by atoms with Crippen molar-refractivity contribution in [2.75, 3.05) is 11.1 Å². The van der Waals surface area contributed by atoms with Crippen molar-refractivity contribution in [2.45, 2.75) is 45.1 Å². The minimum atomic E-state index is 0.606. The number of nitrogens with one attached hydrogen (secondary N) is 1. The first-order valence-electron chi connectivity index (χ1n) is 7.15. The fourth-order valence-electron chi connectivity index (χ4n) is 2.96. The fraction of sp³-hybridized carbons (Fsp3) is 0.438. The van der Waals surface area contributed by atoms with Gasteiger partial charge in [-0.1, -0.05) is 19.3 Å². The quantitative estimate of drug-likeness (QED) is 0.801. The minimum absolute atomic E-state index is 0.606. The molecule has 3 heteroatoms. The number of hydrogen-bond donors (Lipinski definition) is 2. The zero-order valence-electron chi connectivity index (χ0n) is 11.4. The van der Waals surface area contributed by atoms with E-state index >= 15 is 0 Å². The van der Waals surface area contributed by atoms with E-state index < -0.39 is 0 Å². The Hall–Kier alpha value is -1.77. The van der Waals surface area contributed by atoms with E-state index in [0.29, 0.717) is 6.04 Å². The molecule has 0 spiro atoms. The molecule has 0 unspecified atom stereocenters. The first kappa shape index (κ1) is 12.3. The van der Waals surface area contributed by atoms with Gasteiger partial charge >= 0.3 is 0 Å². The van der Waals surface area contributed by atoms with Gasteiger partial charge < -0.3 is 11.1 Å². The zero-order chi connectivity index (χ0) is 13.2. The van der Waals surface area contributed by atoms with Crippen LogP contribution in [-0.2, 0) is 0 Å². The number of aromatic nitrogens is 1. The number of hydrogen-bond acceptors (Lipinski definition) is 3. The largest absolute Gasteiger partial charge is 0.398 e. The molecule has 3 N–H and O–H groups in total. The summed E-state index contributed by atoms with van der Waals surface area (Å²) in [6.07, 6.45) is 8.48. The van der Waals surface area contributed by atoms with Crippen molar-refractivity contribution in [3.8, 4) is 0 Å². The summed E-state index contributed by atoms with van der Waals surface area (Å²) in [6.45, 7) is 2.02. The summed E-state index contributed by atoms with van der Waals surface area (Å²) in [6, 6.07) is 6.81. The Morgan fingerprint density at radius 2 is 1.95 bits per heavy atom. The Kier molecular flexibility index (Phi) is 3.28. The third kappa shape index (κ3) is 2.50. The van der Waals surface area contributed by atoms with Crippen LogP contribution in [0.2, 0.25) is 0 Å². The lowest BCUT2D eigenvalue weighted by Crippen LogP contribution is -2.22. The van der Waals surface area contributed by atoms with E-state index in [9.17, 15) is 0 Å². The molecule has 1 aliphatic rings. The topological polar surface area (TPSA) is 50.9 Å². The van der Waals surface area contributed by atoms with E-state index in [-0.39, 0.29) is 0 Å². The van der Waals surface area contributed by atoms with Gasteiger partial charge in [-0.2, -0.15) is 0 Å². The Labute approximate surface area is 114 Å². The highest BCUT2D eigenvalue weighted by Crippen LogP contribution is 2.30. The number of rotatable bonds is 2. The molecule has 2 aromatic rings. The number of anilines is 2. The average Bonchev–Trinajstić information content (AvgIpc) is 2.43. The molecule has 1 aliphatic carbocycles. The number of fused-ring (bicyclic) bond motifs is 1. The Morgan fingerprint density at radius 3 is 2.74 bits per heavy atom. The second kappa shape index (κ2) is 5.08. The van der Waals surface area contributed by atoms with Crippen LogP contribution >= 0.6 is 0 Å². The number of nitrogen functional groups attached to an aromatic ring is 1. The summed E-state index contributed by atoms with van der Waals surface area (Å²) < 4.78 is 0. The van der Waals surface area contributed by atoms with Crippen molar-refractivity contribution in [1.29, 1.82) is 0 Å². The van der Waals surface area contributed by atoms with Crippen LogP contribution in [0.3, 0.4) is 0 Å². The molecule has 19 heavy (non-hydrogen) atoms. The third-order valence-corrected chi connectivity index (χ3v) is 4.04.